The van der Waals surface area contributed by atoms with E-state index < -0.39 is 18.1 Å². The molecule has 0 unspecified atom stereocenters. The van der Waals surface area contributed by atoms with Crippen LogP contribution in [-0.4, -0.2) is 35.6 Å². The Morgan fingerprint density at radius 1 is 1.42 bits per heavy atom. The van der Waals surface area contributed by atoms with Gasteiger partial charge in [-0.05, 0) is 31.0 Å². The Labute approximate surface area is 111 Å². The molecule has 2 amide bonds. The second-order valence-corrected chi connectivity index (χ2v) is 4.71. The topological polar surface area (TPSA) is 110 Å². The molecule has 0 fully saturated rings. The van der Waals surface area contributed by atoms with Gasteiger partial charge in [0.25, 0.3) is 0 Å². The summed E-state index contributed by atoms with van der Waals surface area (Å²) < 4.78 is 0. The van der Waals surface area contributed by atoms with E-state index in [1.54, 1.807) is 18.2 Å². The van der Waals surface area contributed by atoms with E-state index in [9.17, 15) is 14.7 Å². The number of fused-ring (bicyclic) bond motifs is 1. The summed E-state index contributed by atoms with van der Waals surface area (Å²) in [5, 5.41) is 9.40. The highest BCUT2D eigenvalue weighted by Crippen LogP contribution is 2.29. The summed E-state index contributed by atoms with van der Waals surface area (Å²) in [5.74, 6) is -0.891. The average molecular weight is 263 g/mol. The lowest BCUT2D eigenvalue weighted by Gasteiger charge is -2.23. The lowest BCUT2D eigenvalue weighted by atomic mass is 10.1. The molecule has 1 aromatic carbocycles. The number of nitrogens with zero attached hydrogens (tertiary/aromatic N) is 1. The first-order chi connectivity index (χ1) is 8.91. The van der Waals surface area contributed by atoms with Crippen LogP contribution in [0.2, 0.25) is 0 Å². The van der Waals surface area contributed by atoms with Crippen molar-refractivity contribution in [3.63, 3.8) is 0 Å². The highest BCUT2D eigenvalue weighted by Gasteiger charge is 2.30. The molecule has 2 atom stereocenters. The molecule has 0 saturated carbocycles. The van der Waals surface area contributed by atoms with E-state index >= 15 is 0 Å². The molecule has 102 valence electrons. The van der Waals surface area contributed by atoms with Crippen LogP contribution in [0.3, 0.4) is 0 Å². The van der Waals surface area contributed by atoms with Gasteiger partial charge in [0.15, 0.2) is 0 Å². The van der Waals surface area contributed by atoms with Crippen molar-refractivity contribution in [3.05, 3.63) is 29.3 Å². The zero-order valence-corrected chi connectivity index (χ0v) is 10.7. The predicted octanol–water partition coefficient (Wildman–Crippen LogP) is -0.617. The molecular weight excluding hydrogens is 246 g/mol. The monoisotopic (exact) mass is 263 g/mol. The number of primary amides is 1. The Hall–Kier alpha value is -1.92. The summed E-state index contributed by atoms with van der Waals surface area (Å²) in [4.78, 5) is 24.8. The highest BCUT2D eigenvalue weighted by atomic mass is 16.3. The quantitative estimate of drug-likeness (QED) is 0.675. The summed E-state index contributed by atoms with van der Waals surface area (Å²) in [7, 11) is 0. The Bertz CT molecular complexity index is 528. The fraction of sp³-hybridized carbons (Fsp3) is 0.385. The number of hydrogen-bond donors (Lipinski definition) is 3. The molecule has 1 aromatic rings. The zero-order chi connectivity index (χ0) is 14.2. The first kappa shape index (κ1) is 13.5. The first-order valence-electron chi connectivity index (χ1n) is 6.09. The number of anilines is 1. The van der Waals surface area contributed by atoms with Crippen LogP contribution in [0, 0.1) is 0 Å². The van der Waals surface area contributed by atoms with Crippen LogP contribution in [0.1, 0.15) is 22.8 Å². The smallest absolute Gasteiger partial charge is 0.248 e. The molecule has 0 radical (unpaired) electrons. The number of benzene rings is 1. The van der Waals surface area contributed by atoms with Crippen LogP contribution in [0.4, 0.5) is 5.69 Å². The number of amides is 2. The summed E-state index contributed by atoms with van der Waals surface area (Å²) in [6.45, 7) is 1.97. The van der Waals surface area contributed by atoms with Gasteiger partial charge in [-0.1, -0.05) is 6.07 Å². The fourth-order valence-corrected chi connectivity index (χ4v) is 2.15. The Morgan fingerprint density at radius 2 is 2.11 bits per heavy atom. The molecule has 1 aliphatic heterocycles. The molecule has 1 heterocycles. The molecule has 6 heteroatoms. The number of aliphatic hydroxyl groups is 1. The second-order valence-electron chi connectivity index (χ2n) is 4.71. The Kier molecular flexibility index (Phi) is 3.55. The molecule has 19 heavy (non-hydrogen) atoms. The fourth-order valence-electron chi connectivity index (χ4n) is 2.15. The molecule has 6 nitrogen and oxygen atoms in total. The maximum Gasteiger partial charge on any atom is 0.248 e. The lowest BCUT2D eigenvalue weighted by Crippen LogP contribution is -2.48. The Morgan fingerprint density at radius 3 is 2.68 bits per heavy atom. The van der Waals surface area contributed by atoms with Gasteiger partial charge in [-0.25, -0.2) is 0 Å². The minimum atomic E-state index is -0.969. The molecule has 1 aliphatic rings. The van der Waals surface area contributed by atoms with Crippen LogP contribution >= 0.6 is 0 Å². The number of nitrogens with two attached hydrogens (primary N) is 2. The van der Waals surface area contributed by atoms with Crippen molar-refractivity contribution in [1.29, 1.82) is 0 Å². The number of aliphatic hydroxyl groups excluding tert-OH is 1. The summed E-state index contributed by atoms with van der Waals surface area (Å²) in [6.07, 6.45) is -0.219. The highest BCUT2D eigenvalue weighted by molar-refractivity contribution is 6.01. The van der Waals surface area contributed by atoms with E-state index in [2.05, 4.69) is 0 Å². The van der Waals surface area contributed by atoms with Crippen molar-refractivity contribution in [2.75, 3.05) is 11.4 Å². The van der Waals surface area contributed by atoms with E-state index in [1.165, 1.54) is 11.8 Å². The molecule has 0 bridgehead atoms. The van der Waals surface area contributed by atoms with Gasteiger partial charge in [0.2, 0.25) is 11.8 Å². The van der Waals surface area contributed by atoms with Crippen LogP contribution in [0.5, 0.6) is 0 Å². The van der Waals surface area contributed by atoms with Crippen LogP contribution < -0.4 is 16.4 Å². The molecule has 5 N–H and O–H groups in total. The molecule has 0 aliphatic carbocycles. The van der Waals surface area contributed by atoms with E-state index in [0.717, 1.165) is 5.56 Å². The van der Waals surface area contributed by atoms with Crippen molar-refractivity contribution in [2.24, 2.45) is 11.5 Å². The van der Waals surface area contributed by atoms with Crippen LogP contribution in [-0.2, 0) is 11.2 Å². The normalized spacial score (nSPS) is 16.9. The first-order valence-corrected chi connectivity index (χ1v) is 6.09. The van der Waals surface area contributed by atoms with Gasteiger partial charge >= 0.3 is 0 Å². The van der Waals surface area contributed by atoms with Crippen molar-refractivity contribution in [2.45, 2.75) is 25.5 Å². The maximum absolute atomic E-state index is 12.2. The van der Waals surface area contributed by atoms with Crippen molar-refractivity contribution >= 4 is 17.5 Å². The Balaban J connectivity index is 2.32. The van der Waals surface area contributed by atoms with E-state index in [4.69, 9.17) is 11.5 Å². The molecule has 0 spiro atoms. The van der Waals surface area contributed by atoms with Gasteiger partial charge in [-0.3, -0.25) is 9.59 Å². The summed E-state index contributed by atoms with van der Waals surface area (Å²) >= 11 is 0. The molecule has 0 saturated heterocycles. The SMILES string of the molecule is C[C@@H](O)[C@H](N)C(=O)N1CCc2ccc(C(N)=O)cc21. The van der Waals surface area contributed by atoms with E-state index in [1.807, 2.05) is 0 Å². The minimum absolute atomic E-state index is 0.351. The third kappa shape index (κ3) is 2.45. The van der Waals surface area contributed by atoms with Gasteiger partial charge in [-0.15, -0.1) is 0 Å². The summed E-state index contributed by atoms with van der Waals surface area (Å²) in [6, 6.07) is 4.06. The lowest BCUT2D eigenvalue weighted by molar-refractivity contribution is -0.121. The largest absolute Gasteiger partial charge is 0.391 e. The standard InChI is InChI=1S/C13H17N3O3/c1-7(17)11(14)13(19)16-5-4-8-2-3-9(12(15)18)6-10(8)16/h2-3,6-7,11,17H,4-5,14H2,1H3,(H2,15,18)/t7-,11+/m1/s1. The molecule has 2 rings (SSSR count). The van der Waals surface area contributed by atoms with Crippen molar-refractivity contribution in [3.8, 4) is 0 Å². The summed E-state index contributed by atoms with van der Waals surface area (Å²) in [5.41, 5.74) is 12.9. The van der Waals surface area contributed by atoms with Crippen LogP contribution in [0.25, 0.3) is 0 Å². The van der Waals surface area contributed by atoms with E-state index in [0.29, 0.717) is 24.2 Å². The third-order valence-corrected chi connectivity index (χ3v) is 3.34. The molecular formula is C13H17N3O3. The zero-order valence-electron chi connectivity index (χ0n) is 10.7. The third-order valence-electron chi connectivity index (χ3n) is 3.34. The predicted molar refractivity (Wildman–Crippen MR) is 70.7 cm³/mol. The average Bonchev–Trinajstić information content (AvgIpc) is 2.79. The number of carbonyl (C=O) groups excluding carboxylic acids is 2. The number of hydrogen-bond acceptors (Lipinski definition) is 4. The van der Waals surface area contributed by atoms with E-state index in [-0.39, 0.29) is 5.91 Å². The van der Waals surface area contributed by atoms with Gasteiger partial charge in [0.05, 0.1) is 6.10 Å². The maximum atomic E-state index is 12.2. The van der Waals surface area contributed by atoms with Gasteiger partial charge in [0.1, 0.15) is 6.04 Å². The van der Waals surface area contributed by atoms with Gasteiger partial charge < -0.3 is 21.5 Å². The number of carbonyl (C=O) groups is 2. The van der Waals surface area contributed by atoms with Gasteiger partial charge in [-0.2, -0.15) is 0 Å². The minimum Gasteiger partial charge on any atom is -0.391 e. The van der Waals surface area contributed by atoms with Crippen molar-refractivity contribution in [1.82, 2.24) is 0 Å². The molecule has 0 aromatic heterocycles. The van der Waals surface area contributed by atoms with Gasteiger partial charge in [0, 0.05) is 17.8 Å². The van der Waals surface area contributed by atoms with Crippen LogP contribution in [0.15, 0.2) is 18.2 Å². The van der Waals surface area contributed by atoms with Crippen molar-refractivity contribution < 1.29 is 14.7 Å². The number of rotatable bonds is 3. The second kappa shape index (κ2) is 4.99.